The van der Waals surface area contributed by atoms with Crippen LogP contribution in [-0.2, 0) is 0 Å². The summed E-state index contributed by atoms with van der Waals surface area (Å²) in [5, 5.41) is 0. The van der Waals surface area contributed by atoms with Gasteiger partial charge < -0.3 is 9.32 Å². The predicted molar refractivity (Wildman–Crippen MR) is 73.2 cm³/mol. The van der Waals surface area contributed by atoms with Crippen LogP contribution in [0.4, 0.5) is 5.88 Å². The van der Waals surface area contributed by atoms with Gasteiger partial charge in [0.1, 0.15) is 0 Å². The summed E-state index contributed by atoms with van der Waals surface area (Å²) in [6.45, 7) is 6.21. The van der Waals surface area contributed by atoms with Gasteiger partial charge in [0.05, 0.1) is 0 Å². The molecule has 0 unspecified atom stereocenters. The van der Waals surface area contributed by atoms with E-state index >= 15 is 0 Å². The Labute approximate surface area is 109 Å². The van der Waals surface area contributed by atoms with Crippen LogP contribution in [0.3, 0.4) is 0 Å². The summed E-state index contributed by atoms with van der Waals surface area (Å²) in [5.41, 5.74) is 0.477. The fourth-order valence-corrected chi connectivity index (χ4v) is 2.66. The van der Waals surface area contributed by atoms with E-state index in [0.29, 0.717) is 17.2 Å². The molecule has 100 valence electrons. The highest BCUT2D eigenvalue weighted by molar-refractivity contribution is 5.91. The second kappa shape index (κ2) is 4.79. The lowest BCUT2D eigenvalue weighted by atomic mass is 9.75. The number of rotatable bonds is 3. The monoisotopic (exact) mass is 249 g/mol. The van der Waals surface area contributed by atoms with Gasteiger partial charge in [-0.1, -0.05) is 13.8 Å². The minimum absolute atomic E-state index is 0.0144. The molecule has 0 bridgehead atoms. The number of carbonyl (C=O) groups is 1. The van der Waals surface area contributed by atoms with Gasteiger partial charge in [-0.15, -0.1) is 0 Å². The third-order valence-corrected chi connectivity index (χ3v) is 4.14. The molecule has 0 N–H and O–H groups in total. The van der Waals surface area contributed by atoms with Crippen molar-refractivity contribution < 1.29 is 9.21 Å². The van der Waals surface area contributed by atoms with Crippen molar-refractivity contribution in [2.24, 2.45) is 5.41 Å². The highest BCUT2D eigenvalue weighted by atomic mass is 16.4. The van der Waals surface area contributed by atoms with Gasteiger partial charge in [-0.25, -0.2) is 0 Å². The van der Waals surface area contributed by atoms with Crippen LogP contribution in [0, 0.1) is 5.41 Å². The van der Waals surface area contributed by atoms with Gasteiger partial charge in [0, 0.05) is 26.1 Å². The molecule has 1 aromatic rings. The van der Waals surface area contributed by atoms with Crippen LogP contribution in [0.2, 0.25) is 0 Å². The summed E-state index contributed by atoms with van der Waals surface area (Å²) < 4.78 is 5.59. The third kappa shape index (κ3) is 2.77. The Bertz CT molecular complexity index is 423. The Kier molecular flexibility index (Phi) is 3.51. The van der Waals surface area contributed by atoms with Crippen LogP contribution in [0.15, 0.2) is 16.5 Å². The summed E-state index contributed by atoms with van der Waals surface area (Å²) >= 11 is 0. The second-order valence-corrected chi connectivity index (χ2v) is 6.20. The van der Waals surface area contributed by atoms with Crippen molar-refractivity contribution in [2.45, 2.75) is 52.5 Å². The number of hydrogen-bond acceptors (Lipinski definition) is 3. The van der Waals surface area contributed by atoms with Gasteiger partial charge in [-0.2, -0.15) is 0 Å². The smallest absolute Gasteiger partial charge is 0.196 e. The van der Waals surface area contributed by atoms with Crippen LogP contribution in [-0.4, -0.2) is 18.9 Å². The third-order valence-electron chi connectivity index (χ3n) is 4.14. The first-order valence-corrected chi connectivity index (χ1v) is 6.73. The lowest BCUT2D eigenvalue weighted by Crippen LogP contribution is -2.37. The van der Waals surface area contributed by atoms with Crippen LogP contribution in [0.5, 0.6) is 0 Å². The first kappa shape index (κ1) is 13.2. The summed E-state index contributed by atoms with van der Waals surface area (Å²) in [6.07, 6.45) is 4.89. The average Bonchev–Trinajstić information content (AvgIpc) is 2.77. The number of nitrogens with zero attached hydrogens (tertiary/aromatic N) is 1. The van der Waals surface area contributed by atoms with E-state index in [2.05, 4.69) is 25.8 Å². The van der Waals surface area contributed by atoms with Crippen molar-refractivity contribution in [3.8, 4) is 0 Å². The molecule has 1 fully saturated rings. The molecule has 0 aromatic carbocycles. The van der Waals surface area contributed by atoms with Crippen molar-refractivity contribution in [1.82, 2.24) is 0 Å². The Hall–Kier alpha value is -1.25. The van der Waals surface area contributed by atoms with E-state index in [1.165, 1.54) is 32.6 Å². The molecule has 0 saturated heterocycles. The molecule has 2 rings (SSSR count). The molecule has 18 heavy (non-hydrogen) atoms. The quantitative estimate of drug-likeness (QED) is 0.762. The Morgan fingerprint density at radius 3 is 2.44 bits per heavy atom. The summed E-state index contributed by atoms with van der Waals surface area (Å²) in [5.74, 6) is 1.25. The molecule has 3 nitrogen and oxygen atoms in total. The SMILES string of the molecule is CC(=O)c1ccc(N(C)C2CCC(C)(C)CC2)o1. The molecule has 0 aliphatic heterocycles. The maximum Gasteiger partial charge on any atom is 0.196 e. The van der Waals surface area contributed by atoms with E-state index in [9.17, 15) is 4.79 Å². The van der Waals surface area contributed by atoms with E-state index < -0.39 is 0 Å². The number of carbonyl (C=O) groups excluding carboxylic acids is 1. The van der Waals surface area contributed by atoms with Crippen LogP contribution in [0.25, 0.3) is 0 Å². The van der Waals surface area contributed by atoms with Gasteiger partial charge >= 0.3 is 0 Å². The van der Waals surface area contributed by atoms with E-state index in [-0.39, 0.29) is 5.78 Å². The van der Waals surface area contributed by atoms with E-state index in [1.54, 1.807) is 6.07 Å². The van der Waals surface area contributed by atoms with Crippen LogP contribution in [0.1, 0.15) is 57.0 Å². The van der Waals surface area contributed by atoms with Crippen molar-refractivity contribution in [3.63, 3.8) is 0 Å². The molecule has 1 saturated carbocycles. The molecule has 1 aromatic heterocycles. The zero-order valence-electron chi connectivity index (χ0n) is 11.8. The first-order chi connectivity index (χ1) is 8.39. The molecule has 1 aliphatic rings. The molecule has 0 radical (unpaired) electrons. The average molecular weight is 249 g/mol. The summed E-state index contributed by atoms with van der Waals surface area (Å²) in [6, 6.07) is 4.20. The zero-order chi connectivity index (χ0) is 13.3. The van der Waals surface area contributed by atoms with Gasteiger partial charge in [0.15, 0.2) is 17.4 Å². The molecular formula is C15H23NO2. The highest BCUT2D eigenvalue weighted by Crippen LogP contribution is 2.37. The molecule has 0 atom stereocenters. The normalized spacial score (nSPS) is 19.8. The Balaban J connectivity index is 2.03. The lowest BCUT2D eigenvalue weighted by Gasteiger charge is -2.38. The van der Waals surface area contributed by atoms with Gasteiger partial charge in [-0.3, -0.25) is 4.79 Å². The Morgan fingerprint density at radius 2 is 1.94 bits per heavy atom. The van der Waals surface area contributed by atoms with Crippen molar-refractivity contribution >= 4 is 11.7 Å². The van der Waals surface area contributed by atoms with Crippen molar-refractivity contribution in [2.75, 3.05) is 11.9 Å². The maximum atomic E-state index is 11.2. The predicted octanol–water partition coefficient (Wildman–Crippen LogP) is 3.89. The van der Waals surface area contributed by atoms with Gasteiger partial charge in [-0.05, 0) is 37.2 Å². The number of anilines is 1. The number of ketones is 1. The maximum absolute atomic E-state index is 11.2. The first-order valence-electron chi connectivity index (χ1n) is 6.73. The van der Waals surface area contributed by atoms with Crippen LogP contribution < -0.4 is 4.90 Å². The summed E-state index contributed by atoms with van der Waals surface area (Å²) in [7, 11) is 2.06. The lowest BCUT2D eigenvalue weighted by molar-refractivity contribution is 0.0987. The zero-order valence-corrected chi connectivity index (χ0v) is 11.8. The molecule has 3 heteroatoms. The Morgan fingerprint density at radius 1 is 1.33 bits per heavy atom. The molecule has 0 amide bonds. The molecule has 1 aliphatic carbocycles. The fraction of sp³-hybridized carbons (Fsp3) is 0.667. The highest BCUT2D eigenvalue weighted by Gasteiger charge is 2.29. The molecule has 1 heterocycles. The molecular weight excluding hydrogens is 226 g/mol. The second-order valence-electron chi connectivity index (χ2n) is 6.20. The molecule has 0 spiro atoms. The number of hydrogen-bond donors (Lipinski definition) is 0. The number of furan rings is 1. The van der Waals surface area contributed by atoms with Crippen molar-refractivity contribution in [3.05, 3.63) is 17.9 Å². The largest absolute Gasteiger partial charge is 0.437 e. The van der Waals surface area contributed by atoms with E-state index in [0.717, 1.165) is 5.88 Å². The minimum atomic E-state index is -0.0144. The standard InChI is InChI=1S/C15H23NO2/c1-11(17)13-5-6-14(18-13)16(4)12-7-9-15(2,3)10-8-12/h5-6,12H,7-10H2,1-4H3. The van der Waals surface area contributed by atoms with Crippen LogP contribution >= 0.6 is 0 Å². The van der Waals surface area contributed by atoms with Gasteiger partial charge in [0.25, 0.3) is 0 Å². The van der Waals surface area contributed by atoms with E-state index in [4.69, 9.17) is 4.42 Å². The topological polar surface area (TPSA) is 33.5 Å². The fourth-order valence-electron chi connectivity index (χ4n) is 2.66. The van der Waals surface area contributed by atoms with E-state index in [1.807, 2.05) is 6.07 Å². The summed E-state index contributed by atoms with van der Waals surface area (Å²) in [4.78, 5) is 13.4. The number of Topliss-reactive ketones (excluding diaryl/α,β-unsaturated/α-hetero) is 1. The van der Waals surface area contributed by atoms with Gasteiger partial charge in [0.2, 0.25) is 0 Å². The minimum Gasteiger partial charge on any atom is -0.437 e. The van der Waals surface area contributed by atoms with Crippen molar-refractivity contribution in [1.29, 1.82) is 0 Å².